The molecule has 0 saturated carbocycles. The van der Waals surface area contributed by atoms with Crippen molar-refractivity contribution in [2.24, 2.45) is 5.10 Å². The Morgan fingerprint density at radius 1 is 1.21 bits per heavy atom. The molecule has 24 heavy (non-hydrogen) atoms. The highest BCUT2D eigenvalue weighted by molar-refractivity contribution is 7.89. The van der Waals surface area contributed by atoms with E-state index in [4.69, 9.17) is 16.3 Å². The Morgan fingerprint density at radius 2 is 1.92 bits per heavy atom. The number of hydrazone groups is 1. The van der Waals surface area contributed by atoms with Gasteiger partial charge in [-0.05, 0) is 49.2 Å². The van der Waals surface area contributed by atoms with Crippen molar-refractivity contribution < 1.29 is 18.3 Å². The molecule has 0 aromatic heterocycles. The molecule has 0 spiro atoms. The maximum atomic E-state index is 12.2. The summed E-state index contributed by atoms with van der Waals surface area (Å²) < 4.78 is 29.3. The number of phenolic OH excluding ortho intramolecular Hbond substituents is 1. The fraction of sp³-hybridized carbons (Fsp3) is 0.188. The van der Waals surface area contributed by atoms with Crippen LogP contribution in [0, 0.1) is 13.8 Å². The van der Waals surface area contributed by atoms with Crippen LogP contribution in [0.2, 0.25) is 5.02 Å². The molecule has 0 amide bonds. The predicted octanol–water partition coefficient (Wildman–Crippen LogP) is 2.98. The summed E-state index contributed by atoms with van der Waals surface area (Å²) in [5.41, 5.74) is 2.21. The standard InChI is InChI=1S/C16H17ClN2O4S/c1-10-4-6-13(8-11(10)2)24(21,22)19-18-9-12-5-7-14(23-3)16(20)15(12)17/h4-9,19-20H,1-3H3/b18-9+. The highest BCUT2D eigenvalue weighted by atomic mass is 35.5. The number of hydrogen-bond acceptors (Lipinski definition) is 5. The van der Waals surface area contributed by atoms with Crippen molar-refractivity contribution >= 4 is 27.8 Å². The number of aryl methyl sites for hydroxylation is 2. The highest BCUT2D eigenvalue weighted by Crippen LogP contribution is 2.35. The smallest absolute Gasteiger partial charge is 0.276 e. The van der Waals surface area contributed by atoms with Crippen molar-refractivity contribution in [2.45, 2.75) is 18.7 Å². The maximum Gasteiger partial charge on any atom is 0.276 e. The number of aromatic hydroxyl groups is 1. The molecule has 6 nitrogen and oxygen atoms in total. The fourth-order valence-electron chi connectivity index (χ4n) is 1.93. The zero-order valence-electron chi connectivity index (χ0n) is 13.4. The number of benzene rings is 2. The Morgan fingerprint density at radius 3 is 2.54 bits per heavy atom. The quantitative estimate of drug-likeness (QED) is 0.627. The lowest BCUT2D eigenvalue weighted by atomic mass is 10.1. The molecule has 0 bridgehead atoms. The van der Waals surface area contributed by atoms with E-state index in [1.54, 1.807) is 18.2 Å². The Balaban J connectivity index is 2.22. The van der Waals surface area contributed by atoms with Crippen molar-refractivity contribution in [3.63, 3.8) is 0 Å². The first-order valence-electron chi connectivity index (χ1n) is 6.94. The number of methoxy groups -OCH3 is 1. The number of hydrogen-bond donors (Lipinski definition) is 2. The minimum Gasteiger partial charge on any atom is -0.503 e. The van der Waals surface area contributed by atoms with E-state index in [1.165, 1.54) is 25.5 Å². The van der Waals surface area contributed by atoms with E-state index in [-0.39, 0.29) is 21.4 Å². The summed E-state index contributed by atoms with van der Waals surface area (Å²) in [4.78, 5) is 2.23. The molecule has 0 aliphatic carbocycles. The Hall–Kier alpha value is -2.25. The van der Waals surface area contributed by atoms with Gasteiger partial charge in [-0.25, -0.2) is 4.83 Å². The van der Waals surface area contributed by atoms with Crippen molar-refractivity contribution in [2.75, 3.05) is 7.11 Å². The van der Waals surface area contributed by atoms with E-state index in [1.807, 2.05) is 13.8 Å². The van der Waals surface area contributed by atoms with E-state index >= 15 is 0 Å². The minimum absolute atomic E-state index is 0.0171. The fourth-order valence-corrected chi connectivity index (χ4v) is 3.01. The van der Waals surface area contributed by atoms with Crippen LogP contribution >= 0.6 is 11.6 Å². The summed E-state index contributed by atoms with van der Waals surface area (Å²) in [7, 11) is -2.38. The van der Waals surface area contributed by atoms with Gasteiger partial charge >= 0.3 is 0 Å². The molecule has 0 saturated heterocycles. The van der Waals surface area contributed by atoms with Crippen molar-refractivity contribution in [1.29, 1.82) is 0 Å². The van der Waals surface area contributed by atoms with Crippen LogP contribution in [0.1, 0.15) is 16.7 Å². The van der Waals surface area contributed by atoms with Gasteiger partial charge in [0, 0.05) is 5.56 Å². The normalized spacial score (nSPS) is 11.7. The number of nitrogens with zero attached hydrogens (tertiary/aromatic N) is 1. The molecule has 0 aliphatic heterocycles. The first-order valence-corrected chi connectivity index (χ1v) is 8.80. The van der Waals surface area contributed by atoms with E-state index in [9.17, 15) is 13.5 Å². The molecular formula is C16H17ClN2O4S. The second-order valence-corrected chi connectivity index (χ2v) is 7.16. The van der Waals surface area contributed by atoms with Gasteiger partial charge in [-0.15, -0.1) is 0 Å². The van der Waals surface area contributed by atoms with E-state index in [2.05, 4.69) is 9.93 Å². The highest BCUT2D eigenvalue weighted by Gasteiger charge is 2.14. The van der Waals surface area contributed by atoms with E-state index in [0.29, 0.717) is 5.56 Å². The summed E-state index contributed by atoms with van der Waals surface area (Å²) in [6, 6.07) is 7.85. The first-order chi connectivity index (χ1) is 11.3. The average molecular weight is 369 g/mol. The molecule has 0 unspecified atom stereocenters. The van der Waals surface area contributed by atoms with Gasteiger partial charge in [-0.1, -0.05) is 17.7 Å². The first kappa shape index (κ1) is 18.1. The third-order valence-corrected chi connectivity index (χ3v) is 5.11. The number of halogens is 1. The van der Waals surface area contributed by atoms with Gasteiger partial charge in [0.1, 0.15) is 0 Å². The van der Waals surface area contributed by atoms with Crippen LogP contribution in [0.15, 0.2) is 40.3 Å². The van der Waals surface area contributed by atoms with Crippen LogP contribution in [0.5, 0.6) is 11.5 Å². The Labute approximate surface area is 145 Å². The molecule has 0 heterocycles. The molecule has 128 valence electrons. The number of ether oxygens (including phenoxy) is 1. The van der Waals surface area contributed by atoms with Gasteiger partial charge in [0.15, 0.2) is 11.5 Å². The Kier molecular flexibility index (Phi) is 5.36. The summed E-state index contributed by atoms with van der Waals surface area (Å²) in [6.45, 7) is 3.73. The predicted molar refractivity (Wildman–Crippen MR) is 93.5 cm³/mol. The zero-order chi connectivity index (χ0) is 17.9. The number of nitrogens with one attached hydrogen (secondary N) is 1. The van der Waals surface area contributed by atoms with Crippen LogP contribution in [-0.4, -0.2) is 26.8 Å². The van der Waals surface area contributed by atoms with Crippen molar-refractivity contribution in [3.8, 4) is 11.5 Å². The van der Waals surface area contributed by atoms with E-state index < -0.39 is 10.0 Å². The number of rotatable bonds is 5. The van der Waals surface area contributed by atoms with Crippen LogP contribution < -0.4 is 9.57 Å². The maximum absolute atomic E-state index is 12.2. The van der Waals surface area contributed by atoms with Crippen molar-refractivity contribution in [1.82, 2.24) is 4.83 Å². The average Bonchev–Trinajstić information content (AvgIpc) is 2.54. The summed E-state index contributed by atoms with van der Waals surface area (Å²) in [5, 5.41) is 13.5. The van der Waals surface area contributed by atoms with Gasteiger partial charge in [0.2, 0.25) is 0 Å². The second kappa shape index (κ2) is 7.11. The lowest BCUT2D eigenvalue weighted by Crippen LogP contribution is -2.18. The molecular weight excluding hydrogens is 352 g/mol. The molecule has 0 fully saturated rings. The third kappa shape index (κ3) is 3.80. The Bertz CT molecular complexity index is 895. The van der Waals surface area contributed by atoms with E-state index in [0.717, 1.165) is 11.1 Å². The largest absolute Gasteiger partial charge is 0.503 e. The lowest BCUT2D eigenvalue weighted by molar-refractivity contribution is 0.373. The molecule has 0 aliphatic rings. The zero-order valence-corrected chi connectivity index (χ0v) is 14.9. The van der Waals surface area contributed by atoms with Crippen LogP contribution in [0.25, 0.3) is 0 Å². The monoisotopic (exact) mass is 368 g/mol. The lowest BCUT2D eigenvalue weighted by Gasteiger charge is -2.07. The van der Waals surface area contributed by atoms with Crippen LogP contribution in [0.4, 0.5) is 0 Å². The van der Waals surface area contributed by atoms with Crippen LogP contribution in [0.3, 0.4) is 0 Å². The van der Waals surface area contributed by atoms with Crippen molar-refractivity contribution in [3.05, 3.63) is 52.0 Å². The SMILES string of the molecule is COc1ccc(/C=N/NS(=O)(=O)c2ccc(C)c(C)c2)c(Cl)c1O. The summed E-state index contributed by atoms with van der Waals surface area (Å²) in [6.07, 6.45) is 1.21. The third-order valence-electron chi connectivity index (χ3n) is 3.49. The number of phenols is 1. The molecule has 2 N–H and O–H groups in total. The molecule has 0 atom stereocenters. The summed E-state index contributed by atoms with van der Waals surface area (Å²) in [5.74, 6) is -0.0204. The molecule has 8 heteroatoms. The van der Waals surface area contributed by atoms with Gasteiger partial charge in [-0.3, -0.25) is 0 Å². The second-order valence-electron chi connectivity index (χ2n) is 5.12. The van der Waals surface area contributed by atoms with Gasteiger partial charge in [0.05, 0.1) is 23.2 Å². The minimum atomic E-state index is -3.78. The molecule has 2 aromatic carbocycles. The molecule has 2 aromatic rings. The topological polar surface area (TPSA) is 88.0 Å². The van der Waals surface area contributed by atoms with Gasteiger partial charge in [-0.2, -0.15) is 13.5 Å². The number of sulfonamides is 1. The molecule has 2 rings (SSSR count). The summed E-state index contributed by atoms with van der Waals surface area (Å²) >= 11 is 5.98. The van der Waals surface area contributed by atoms with Gasteiger partial charge in [0.25, 0.3) is 10.0 Å². The van der Waals surface area contributed by atoms with Crippen LogP contribution in [-0.2, 0) is 10.0 Å². The molecule has 0 radical (unpaired) electrons. The van der Waals surface area contributed by atoms with Gasteiger partial charge < -0.3 is 9.84 Å².